The lowest BCUT2D eigenvalue weighted by Crippen LogP contribution is -2.47. The van der Waals surface area contributed by atoms with Gasteiger partial charge in [-0.3, -0.25) is 14.1 Å². The van der Waals surface area contributed by atoms with Crippen LogP contribution in [0.5, 0.6) is 17.2 Å². The topological polar surface area (TPSA) is 105 Å². The number of imidazole rings is 1. The van der Waals surface area contributed by atoms with Crippen molar-refractivity contribution < 1.29 is 19.0 Å². The second kappa shape index (κ2) is 13.9. The first-order valence-electron chi connectivity index (χ1n) is 15.5. The number of hydrogen-bond donors (Lipinski definition) is 1. The van der Waals surface area contributed by atoms with Crippen LogP contribution in [0.15, 0.2) is 59.3 Å². The van der Waals surface area contributed by atoms with E-state index < -0.39 is 0 Å². The standard InChI is InChI=1S/C35H37Cl2N7O4/c1-7-29(45)40-24-17-22(26(46-4)18-25(24)43-14-12-42(13-15-43)21-8-9-21)33(38-3)41-34-20(2)16-23(35-39-10-11-44(34)35)30-31(36)27(47-5)19-28(48-6)32(30)37/h7,10-11,16-19,21H,1,3,8-9,12-15H2,2,4-6H3,(H,40,45)/b41-33-. The van der Waals surface area contributed by atoms with Gasteiger partial charge in [0.2, 0.25) is 5.91 Å². The van der Waals surface area contributed by atoms with Crippen molar-refractivity contribution in [3.05, 3.63) is 70.5 Å². The van der Waals surface area contributed by atoms with E-state index in [0.717, 1.165) is 37.4 Å². The first-order valence-corrected chi connectivity index (χ1v) is 16.3. The number of amidine groups is 1. The first kappa shape index (κ1) is 33.3. The third kappa shape index (κ3) is 6.21. The van der Waals surface area contributed by atoms with Crippen molar-refractivity contribution in [3.63, 3.8) is 0 Å². The van der Waals surface area contributed by atoms with E-state index in [1.807, 2.05) is 29.5 Å². The van der Waals surface area contributed by atoms with Crippen LogP contribution >= 0.6 is 23.2 Å². The minimum atomic E-state index is -0.327. The summed E-state index contributed by atoms with van der Waals surface area (Å²) >= 11 is 13.6. The van der Waals surface area contributed by atoms with Gasteiger partial charge in [0.05, 0.1) is 48.3 Å². The number of hydrogen-bond acceptors (Lipinski definition) is 8. The van der Waals surface area contributed by atoms with Gasteiger partial charge in [-0.15, -0.1) is 0 Å². The second-order valence-corrected chi connectivity index (χ2v) is 12.3. The molecule has 48 heavy (non-hydrogen) atoms. The lowest BCUT2D eigenvalue weighted by molar-refractivity contribution is -0.111. The SMILES string of the molecule is C=CC(=O)Nc1cc(/C(N=C)=N/c2c(C)cc(-c3c(Cl)c(OC)cc(OC)c3Cl)c3nccn23)c(OC)cc1N1CCN(C2CC2)CC1. The molecule has 0 bridgehead atoms. The van der Waals surface area contributed by atoms with Crippen LogP contribution in [-0.4, -0.2) is 86.3 Å². The maximum absolute atomic E-state index is 12.6. The molecule has 0 atom stereocenters. The highest BCUT2D eigenvalue weighted by Gasteiger charge is 2.32. The van der Waals surface area contributed by atoms with E-state index in [4.69, 9.17) is 42.4 Å². The maximum atomic E-state index is 12.6. The number of nitrogens with zero attached hydrogens (tertiary/aromatic N) is 6. The van der Waals surface area contributed by atoms with E-state index in [2.05, 4.69) is 38.4 Å². The molecule has 0 spiro atoms. The molecule has 1 amide bonds. The molecule has 13 heteroatoms. The molecule has 1 N–H and O–H groups in total. The Hall–Kier alpha value is -4.58. The van der Waals surface area contributed by atoms with E-state index in [9.17, 15) is 4.79 Å². The normalized spacial score (nSPS) is 15.4. The Bertz CT molecular complexity index is 1920. The number of halogens is 2. The summed E-state index contributed by atoms with van der Waals surface area (Å²) in [7, 11) is 4.65. The van der Waals surface area contributed by atoms with Crippen molar-refractivity contribution >= 4 is 64.5 Å². The fourth-order valence-electron chi connectivity index (χ4n) is 6.16. The Morgan fingerprint density at radius 1 is 1.00 bits per heavy atom. The van der Waals surface area contributed by atoms with Crippen molar-refractivity contribution in [2.45, 2.75) is 25.8 Å². The molecule has 1 aliphatic heterocycles. The van der Waals surface area contributed by atoms with Crippen LogP contribution in [0.3, 0.4) is 0 Å². The number of methoxy groups -OCH3 is 3. The Kier molecular flexibility index (Phi) is 9.63. The highest BCUT2D eigenvalue weighted by molar-refractivity contribution is 6.41. The highest BCUT2D eigenvalue weighted by Crippen LogP contribution is 2.48. The molecule has 1 saturated carbocycles. The van der Waals surface area contributed by atoms with Gasteiger partial charge < -0.3 is 24.4 Å². The molecular weight excluding hydrogens is 653 g/mol. The monoisotopic (exact) mass is 689 g/mol. The number of aliphatic imine (C=N–C) groups is 2. The molecule has 11 nitrogen and oxygen atoms in total. The number of carbonyl (C=O) groups excluding carboxylic acids is 1. The van der Waals surface area contributed by atoms with Crippen LogP contribution in [0, 0.1) is 6.92 Å². The number of anilines is 2. The number of piperazine rings is 1. The molecule has 2 aromatic heterocycles. The molecular formula is C35H37Cl2N7O4. The number of aromatic nitrogens is 2. The number of benzene rings is 2. The summed E-state index contributed by atoms with van der Waals surface area (Å²) in [6.45, 7) is 13.0. The van der Waals surface area contributed by atoms with Gasteiger partial charge in [-0.1, -0.05) is 29.8 Å². The third-order valence-corrected chi connectivity index (χ3v) is 9.50. The zero-order chi connectivity index (χ0) is 34.1. The molecule has 3 heterocycles. The summed E-state index contributed by atoms with van der Waals surface area (Å²) in [5.41, 5.74) is 4.50. The molecule has 2 aromatic carbocycles. The van der Waals surface area contributed by atoms with Gasteiger partial charge in [-0.25, -0.2) is 15.0 Å². The zero-order valence-corrected chi connectivity index (χ0v) is 28.9. The predicted octanol–water partition coefficient (Wildman–Crippen LogP) is 6.83. The minimum absolute atomic E-state index is 0.288. The van der Waals surface area contributed by atoms with Crippen LogP contribution < -0.4 is 24.4 Å². The molecule has 250 valence electrons. The molecule has 6 rings (SSSR count). The summed E-state index contributed by atoms with van der Waals surface area (Å²) < 4.78 is 18.7. The number of amides is 1. The van der Waals surface area contributed by atoms with Crippen molar-refractivity contribution in [1.82, 2.24) is 14.3 Å². The molecule has 1 saturated heterocycles. The van der Waals surface area contributed by atoms with Gasteiger partial charge in [0.25, 0.3) is 0 Å². The Balaban J connectivity index is 1.46. The first-order chi connectivity index (χ1) is 23.2. The summed E-state index contributed by atoms with van der Waals surface area (Å²) in [6.07, 6.45) is 7.24. The Labute approximate surface area is 289 Å². The van der Waals surface area contributed by atoms with Crippen molar-refractivity contribution in [2.24, 2.45) is 9.98 Å². The number of fused-ring (bicyclic) bond motifs is 1. The van der Waals surface area contributed by atoms with E-state index in [1.165, 1.54) is 33.1 Å². The van der Waals surface area contributed by atoms with E-state index in [1.54, 1.807) is 25.6 Å². The van der Waals surface area contributed by atoms with Gasteiger partial charge >= 0.3 is 0 Å². The van der Waals surface area contributed by atoms with Crippen LogP contribution in [0.1, 0.15) is 24.0 Å². The number of pyridine rings is 1. The van der Waals surface area contributed by atoms with E-state index in [-0.39, 0.29) is 11.7 Å². The lowest BCUT2D eigenvalue weighted by atomic mass is 10.0. The molecule has 0 unspecified atom stereocenters. The Morgan fingerprint density at radius 2 is 1.67 bits per heavy atom. The lowest BCUT2D eigenvalue weighted by Gasteiger charge is -2.37. The fourth-order valence-corrected chi connectivity index (χ4v) is 6.87. The van der Waals surface area contributed by atoms with Crippen LogP contribution in [0.2, 0.25) is 10.0 Å². The molecule has 2 fully saturated rings. The number of rotatable bonds is 10. The van der Waals surface area contributed by atoms with Gasteiger partial charge in [0.15, 0.2) is 5.84 Å². The fraction of sp³-hybridized carbons (Fsp3) is 0.314. The highest BCUT2D eigenvalue weighted by atomic mass is 35.5. The van der Waals surface area contributed by atoms with Gasteiger partial charge in [0.1, 0.15) is 28.7 Å². The number of nitrogens with one attached hydrogen (secondary N) is 1. The van der Waals surface area contributed by atoms with Crippen LogP contribution in [-0.2, 0) is 4.79 Å². The van der Waals surface area contributed by atoms with E-state index in [0.29, 0.717) is 67.2 Å². The van der Waals surface area contributed by atoms with Gasteiger partial charge in [0, 0.05) is 67.9 Å². The van der Waals surface area contributed by atoms with Crippen molar-refractivity contribution in [2.75, 3.05) is 57.7 Å². The molecule has 2 aliphatic rings. The Morgan fingerprint density at radius 3 is 2.25 bits per heavy atom. The summed E-state index contributed by atoms with van der Waals surface area (Å²) in [4.78, 5) is 31.3. The molecule has 0 radical (unpaired) electrons. The predicted molar refractivity (Wildman–Crippen MR) is 193 cm³/mol. The van der Waals surface area contributed by atoms with Gasteiger partial charge in [-0.2, -0.15) is 0 Å². The molecule has 4 aromatic rings. The minimum Gasteiger partial charge on any atom is -0.496 e. The second-order valence-electron chi connectivity index (χ2n) is 11.6. The number of ether oxygens (including phenoxy) is 3. The zero-order valence-electron chi connectivity index (χ0n) is 27.3. The van der Waals surface area contributed by atoms with Crippen LogP contribution in [0.25, 0.3) is 16.8 Å². The smallest absolute Gasteiger partial charge is 0.247 e. The van der Waals surface area contributed by atoms with Crippen molar-refractivity contribution in [3.8, 4) is 28.4 Å². The summed E-state index contributed by atoms with van der Waals surface area (Å²) in [6, 6.07) is 8.00. The average molecular weight is 691 g/mol. The quantitative estimate of drug-likeness (QED) is 0.111. The summed E-state index contributed by atoms with van der Waals surface area (Å²) in [5.74, 6) is 1.87. The average Bonchev–Trinajstić information content (AvgIpc) is 3.84. The van der Waals surface area contributed by atoms with Crippen LogP contribution in [0.4, 0.5) is 17.2 Å². The molecule has 1 aliphatic carbocycles. The maximum Gasteiger partial charge on any atom is 0.247 e. The largest absolute Gasteiger partial charge is 0.496 e. The number of aryl methyl sites for hydroxylation is 1. The third-order valence-electron chi connectivity index (χ3n) is 8.75. The van der Waals surface area contributed by atoms with E-state index >= 15 is 0 Å². The van der Waals surface area contributed by atoms with Gasteiger partial charge in [-0.05, 0) is 50.3 Å². The van der Waals surface area contributed by atoms with Crippen molar-refractivity contribution in [1.29, 1.82) is 0 Å². The number of carbonyl (C=O) groups is 1. The summed E-state index contributed by atoms with van der Waals surface area (Å²) in [5, 5.41) is 3.63.